The summed E-state index contributed by atoms with van der Waals surface area (Å²) in [6.07, 6.45) is 3.73. The van der Waals surface area contributed by atoms with E-state index < -0.39 is 5.54 Å². The highest BCUT2D eigenvalue weighted by Gasteiger charge is 2.36. The summed E-state index contributed by atoms with van der Waals surface area (Å²) in [7, 11) is 0. The second-order valence-electron chi connectivity index (χ2n) is 6.67. The largest absolute Gasteiger partial charge is 0.334 e. The molecule has 2 N–H and O–H groups in total. The molecule has 7 heteroatoms. The van der Waals surface area contributed by atoms with Gasteiger partial charge in [0.2, 0.25) is 0 Å². The molecule has 0 unspecified atom stereocenters. The minimum Gasteiger partial charge on any atom is -0.334 e. The van der Waals surface area contributed by atoms with Gasteiger partial charge in [0.1, 0.15) is 5.82 Å². The number of carbonyl (C=O) groups excluding carboxylic acids is 1. The van der Waals surface area contributed by atoms with Gasteiger partial charge >= 0.3 is 0 Å². The van der Waals surface area contributed by atoms with Crippen LogP contribution in [-0.4, -0.2) is 15.9 Å². The van der Waals surface area contributed by atoms with Crippen molar-refractivity contribution in [1.29, 1.82) is 0 Å². The van der Waals surface area contributed by atoms with Crippen LogP contribution in [0.3, 0.4) is 0 Å². The molecule has 4 rings (SSSR count). The Labute approximate surface area is 162 Å². The lowest BCUT2D eigenvalue weighted by Crippen LogP contribution is -2.34. The Kier molecular flexibility index (Phi) is 5.39. The van der Waals surface area contributed by atoms with Gasteiger partial charge in [0.25, 0.3) is 5.89 Å². The van der Waals surface area contributed by atoms with Gasteiger partial charge in [0, 0.05) is 11.1 Å². The Morgan fingerprint density at radius 2 is 1.74 bits per heavy atom. The predicted octanol–water partition coefficient (Wildman–Crippen LogP) is 4.26. The van der Waals surface area contributed by atoms with Crippen molar-refractivity contribution in [2.75, 3.05) is 0 Å². The summed E-state index contributed by atoms with van der Waals surface area (Å²) in [5.41, 5.74) is 7.19. The highest BCUT2D eigenvalue weighted by molar-refractivity contribution is 6.12. The molecule has 1 aliphatic carbocycles. The number of nitrogens with zero attached hydrogens (tertiary/aromatic N) is 2. The van der Waals surface area contributed by atoms with E-state index in [2.05, 4.69) is 10.1 Å². The maximum atomic E-state index is 13.1. The third kappa shape index (κ3) is 3.63. The number of ketones is 1. The maximum absolute atomic E-state index is 13.1. The summed E-state index contributed by atoms with van der Waals surface area (Å²) in [6.45, 7) is 0. The van der Waals surface area contributed by atoms with Crippen LogP contribution in [0.5, 0.6) is 0 Å². The minimum atomic E-state index is -0.558. The van der Waals surface area contributed by atoms with Gasteiger partial charge in [-0.3, -0.25) is 4.79 Å². The summed E-state index contributed by atoms with van der Waals surface area (Å²) < 4.78 is 18.5. The number of hydrogen-bond acceptors (Lipinski definition) is 5. The van der Waals surface area contributed by atoms with Gasteiger partial charge in [-0.1, -0.05) is 36.2 Å². The highest BCUT2D eigenvalue weighted by Crippen LogP contribution is 2.36. The molecule has 0 saturated heterocycles. The zero-order valence-corrected chi connectivity index (χ0v) is 15.3. The van der Waals surface area contributed by atoms with E-state index in [1.165, 1.54) is 24.3 Å². The topological polar surface area (TPSA) is 82.0 Å². The lowest BCUT2D eigenvalue weighted by atomic mass is 9.97. The molecule has 3 aromatic rings. The molecular weight excluding hydrogens is 369 g/mol. The first kappa shape index (κ1) is 19.2. The summed E-state index contributed by atoms with van der Waals surface area (Å²) in [5, 5.41) is 4.06. The number of benzene rings is 2. The van der Waals surface area contributed by atoms with E-state index in [9.17, 15) is 9.18 Å². The van der Waals surface area contributed by atoms with E-state index in [1.807, 2.05) is 0 Å². The summed E-state index contributed by atoms with van der Waals surface area (Å²) in [5.74, 6) is 0.127. The zero-order valence-electron chi connectivity index (χ0n) is 14.5. The Balaban J connectivity index is 0.00000210. The van der Waals surface area contributed by atoms with Crippen molar-refractivity contribution in [2.24, 2.45) is 5.73 Å². The van der Waals surface area contributed by atoms with Crippen molar-refractivity contribution < 1.29 is 13.7 Å². The molecule has 0 amide bonds. The Bertz CT molecular complexity index is 950. The number of aromatic nitrogens is 2. The van der Waals surface area contributed by atoms with E-state index in [4.69, 9.17) is 10.3 Å². The fraction of sp³-hybridized carbons (Fsp3) is 0.250. The van der Waals surface area contributed by atoms with Crippen LogP contribution in [-0.2, 0) is 5.54 Å². The van der Waals surface area contributed by atoms with Crippen molar-refractivity contribution in [3.63, 3.8) is 0 Å². The summed E-state index contributed by atoms with van der Waals surface area (Å²) in [6, 6.07) is 12.5. The molecule has 1 aliphatic rings. The number of halogens is 2. The van der Waals surface area contributed by atoms with Crippen molar-refractivity contribution in [3.05, 3.63) is 71.3 Å². The third-order valence-electron chi connectivity index (χ3n) is 4.88. The fourth-order valence-electron chi connectivity index (χ4n) is 3.39. The quantitative estimate of drug-likeness (QED) is 0.676. The number of rotatable bonds is 4. The average Bonchev–Trinajstić information content (AvgIpc) is 3.32. The van der Waals surface area contributed by atoms with Crippen LogP contribution >= 0.6 is 12.4 Å². The smallest absolute Gasteiger partial charge is 0.258 e. The molecule has 5 nitrogen and oxygen atoms in total. The molecule has 0 atom stereocenters. The van der Waals surface area contributed by atoms with Gasteiger partial charge < -0.3 is 10.3 Å². The van der Waals surface area contributed by atoms with Gasteiger partial charge in [-0.15, -0.1) is 12.4 Å². The zero-order chi connectivity index (χ0) is 18.1. The predicted molar refractivity (Wildman–Crippen MR) is 101 cm³/mol. The minimum absolute atomic E-state index is 0. The Morgan fingerprint density at radius 1 is 1.07 bits per heavy atom. The van der Waals surface area contributed by atoms with E-state index in [0.29, 0.717) is 22.5 Å². The molecule has 1 saturated carbocycles. The lowest BCUT2D eigenvalue weighted by Gasteiger charge is -2.17. The second kappa shape index (κ2) is 7.58. The second-order valence-corrected chi connectivity index (χ2v) is 6.67. The fourth-order valence-corrected chi connectivity index (χ4v) is 3.39. The molecule has 140 valence electrons. The Hall–Kier alpha value is -2.57. The lowest BCUT2D eigenvalue weighted by molar-refractivity contribution is 0.103. The number of hydrogen-bond donors (Lipinski definition) is 1. The van der Waals surface area contributed by atoms with Crippen molar-refractivity contribution in [2.45, 2.75) is 31.2 Å². The van der Waals surface area contributed by atoms with Crippen LogP contribution in [0, 0.1) is 5.82 Å². The number of nitrogens with two attached hydrogens (primary N) is 1. The number of carbonyl (C=O) groups is 1. The van der Waals surface area contributed by atoms with Gasteiger partial charge in [0.15, 0.2) is 11.6 Å². The molecule has 27 heavy (non-hydrogen) atoms. The van der Waals surface area contributed by atoms with E-state index in [-0.39, 0.29) is 29.9 Å². The van der Waals surface area contributed by atoms with Gasteiger partial charge in [-0.25, -0.2) is 4.39 Å². The SMILES string of the molecule is Cl.NC1(c2noc(-c3ccccc3C(=O)c3ccc(F)cc3)n2)CCCC1. The van der Waals surface area contributed by atoms with Gasteiger partial charge in [0.05, 0.1) is 11.1 Å². The van der Waals surface area contributed by atoms with Crippen LogP contribution in [0.2, 0.25) is 0 Å². The van der Waals surface area contributed by atoms with Crippen molar-refractivity contribution in [1.82, 2.24) is 10.1 Å². The van der Waals surface area contributed by atoms with E-state index in [0.717, 1.165) is 25.7 Å². The molecular formula is C20H19ClFN3O2. The first-order valence-electron chi connectivity index (χ1n) is 8.60. The molecule has 0 bridgehead atoms. The van der Waals surface area contributed by atoms with Crippen LogP contribution in [0.1, 0.15) is 47.4 Å². The van der Waals surface area contributed by atoms with Crippen LogP contribution in [0.4, 0.5) is 4.39 Å². The molecule has 1 aromatic heterocycles. The third-order valence-corrected chi connectivity index (χ3v) is 4.88. The molecule has 1 fully saturated rings. The normalized spacial score (nSPS) is 15.3. The van der Waals surface area contributed by atoms with Crippen molar-refractivity contribution >= 4 is 18.2 Å². The summed E-state index contributed by atoms with van der Waals surface area (Å²) in [4.78, 5) is 17.3. The van der Waals surface area contributed by atoms with Crippen LogP contribution in [0.15, 0.2) is 53.1 Å². The highest BCUT2D eigenvalue weighted by atomic mass is 35.5. The monoisotopic (exact) mass is 387 g/mol. The first-order valence-corrected chi connectivity index (χ1v) is 8.60. The van der Waals surface area contributed by atoms with E-state index >= 15 is 0 Å². The van der Waals surface area contributed by atoms with Crippen LogP contribution in [0.25, 0.3) is 11.5 Å². The van der Waals surface area contributed by atoms with Crippen LogP contribution < -0.4 is 5.73 Å². The van der Waals surface area contributed by atoms with Gasteiger partial charge in [-0.05, 0) is 43.2 Å². The molecule has 0 radical (unpaired) electrons. The molecule has 1 heterocycles. The Morgan fingerprint density at radius 3 is 2.44 bits per heavy atom. The van der Waals surface area contributed by atoms with Gasteiger partial charge in [-0.2, -0.15) is 4.98 Å². The summed E-state index contributed by atoms with van der Waals surface area (Å²) >= 11 is 0. The van der Waals surface area contributed by atoms with E-state index in [1.54, 1.807) is 24.3 Å². The average molecular weight is 388 g/mol. The van der Waals surface area contributed by atoms with Crippen molar-refractivity contribution in [3.8, 4) is 11.5 Å². The maximum Gasteiger partial charge on any atom is 0.258 e. The first-order chi connectivity index (χ1) is 12.6. The molecule has 2 aromatic carbocycles. The molecule has 0 aliphatic heterocycles. The standard InChI is InChI=1S/C20H18FN3O2.ClH/c21-14-9-7-13(8-10-14)17(25)15-5-1-2-6-16(15)18-23-19(24-26-18)20(22)11-3-4-12-20;/h1-2,5-10H,3-4,11-12,22H2;1H. The molecule has 0 spiro atoms.